The monoisotopic (exact) mass is 433 g/mol. The Bertz CT molecular complexity index is 1200. The maximum atomic E-state index is 12.6. The number of hydrogen-bond acceptors (Lipinski definition) is 6. The molecule has 0 saturated carbocycles. The molecule has 0 saturated heterocycles. The number of carbonyl (C=O) groups excluding carboxylic acids is 1. The van der Waals surface area contributed by atoms with Crippen LogP contribution in [0.4, 0.5) is 20.4 Å². The number of amides is 1. The van der Waals surface area contributed by atoms with Crippen LogP contribution in [0.5, 0.6) is 5.75 Å². The van der Waals surface area contributed by atoms with Crippen molar-refractivity contribution in [1.29, 1.82) is 0 Å². The minimum Gasteiger partial charge on any atom is -0.420 e. The Kier molecular flexibility index (Phi) is 4.96. The summed E-state index contributed by atoms with van der Waals surface area (Å²) in [5, 5.41) is 10.8. The molecule has 0 unspecified atom stereocenters. The molecule has 3 N–H and O–H groups in total. The van der Waals surface area contributed by atoms with Crippen molar-refractivity contribution in [2.45, 2.75) is 12.1 Å². The lowest BCUT2D eigenvalue weighted by Gasteiger charge is -2.11. The molecule has 1 aromatic carbocycles. The molecule has 4 rings (SSSR count). The molecule has 3 aromatic heterocycles. The van der Waals surface area contributed by atoms with Gasteiger partial charge in [-0.05, 0) is 42.0 Å². The number of rotatable bonds is 6. The van der Waals surface area contributed by atoms with Gasteiger partial charge in [0.1, 0.15) is 12.3 Å². The van der Waals surface area contributed by atoms with Crippen molar-refractivity contribution in [1.82, 2.24) is 24.4 Å². The number of benzene rings is 1. The Balaban J connectivity index is 1.40. The van der Waals surface area contributed by atoms with Gasteiger partial charge in [0.05, 0.1) is 6.20 Å². The third kappa shape index (κ3) is 4.63. The maximum absolute atomic E-state index is 12.6. The molecule has 0 radical (unpaired) electrons. The van der Waals surface area contributed by atoms with Gasteiger partial charge in [-0.25, -0.2) is 4.52 Å². The molecule has 0 atom stereocenters. The van der Waals surface area contributed by atoms with Crippen molar-refractivity contribution in [3.05, 3.63) is 55.0 Å². The van der Waals surface area contributed by atoms with E-state index in [0.29, 0.717) is 11.3 Å². The molecule has 0 aliphatic heterocycles. The van der Waals surface area contributed by atoms with E-state index < -0.39 is 5.57 Å². The summed E-state index contributed by atoms with van der Waals surface area (Å²) in [6.45, 7) is -0.0435. The number of halogens is 3. The number of nitrogens with two attached hydrogens (primary N) is 1. The normalized spacial score (nSPS) is 11.6. The van der Waals surface area contributed by atoms with Crippen LogP contribution in [0.25, 0.3) is 16.8 Å². The van der Waals surface area contributed by atoms with Crippen molar-refractivity contribution in [2.75, 3.05) is 11.1 Å². The summed E-state index contributed by atoms with van der Waals surface area (Å²) in [5.41, 5.74) is 4.42. The largest absolute Gasteiger partial charge is 0.487 e. The van der Waals surface area contributed by atoms with E-state index >= 15 is 0 Å². The van der Waals surface area contributed by atoms with E-state index in [9.17, 15) is 13.6 Å². The number of pyridine rings is 1. The highest BCUT2D eigenvalue weighted by atomic mass is 35.5. The zero-order valence-electron chi connectivity index (χ0n) is 15.2. The van der Waals surface area contributed by atoms with E-state index in [2.05, 4.69) is 25.2 Å². The Morgan fingerprint density at radius 2 is 2.00 bits per heavy atom. The number of nitrogens with one attached hydrogen (secondary N) is 1. The topological polar surface area (TPSA) is 112 Å². The molecule has 0 spiro atoms. The zero-order chi connectivity index (χ0) is 21.3. The predicted octanol–water partition coefficient (Wildman–Crippen LogP) is 2.98. The second kappa shape index (κ2) is 7.59. The number of fused-ring (bicyclic) bond motifs is 1. The number of nitrogens with zero attached hydrogens (tertiary/aromatic N) is 5. The summed E-state index contributed by atoms with van der Waals surface area (Å²) in [5.74, 6) is -0.298. The maximum Gasteiger partial charge on any atom is 0.487 e. The number of carbonyl (C=O) groups is 1. The third-order valence-corrected chi connectivity index (χ3v) is 4.07. The summed E-state index contributed by atoms with van der Waals surface area (Å²) in [7, 11) is 0. The molecular formula is C18H14ClF2N7O2. The van der Waals surface area contributed by atoms with Crippen LogP contribution in [0.15, 0.2) is 55.0 Å². The lowest BCUT2D eigenvalue weighted by molar-refractivity contribution is -0.117. The van der Waals surface area contributed by atoms with Gasteiger partial charge in [-0.3, -0.25) is 9.48 Å². The SMILES string of the molecule is Nc1nc2cc(-c3cnn(CC(=O)Nc4ccc(OC(F)(F)Cl)cc4)c3)ccn2n1. The number of hydrogen-bond donors (Lipinski definition) is 2. The van der Waals surface area contributed by atoms with E-state index in [4.69, 9.17) is 17.3 Å². The first kappa shape index (κ1) is 19.6. The van der Waals surface area contributed by atoms with Crippen LogP contribution in [0.2, 0.25) is 0 Å². The zero-order valence-corrected chi connectivity index (χ0v) is 15.9. The standard InChI is InChI=1S/C18H14ClF2N7O2/c19-18(20,21)30-14-3-1-13(2-4-14)24-16(29)10-27-9-12(8-23-27)11-5-6-28-15(7-11)25-17(22)26-28/h1-9H,10H2,(H2,22,26)(H,24,29). The first-order valence-electron chi connectivity index (χ1n) is 8.55. The average molecular weight is 434 g/mol. The highest BCUT2D eigenvalue weighted by Gasteiger charge is 2.27. The minimum atomic E-state index is -3.80. The van der Waals surface area contributed by atoms with Crippen molar-refractivity contribution in [3.63, 3.8) is 0 Å². The van der Waals surface area contributed by atoms with Gasteiger partial charge in [0.15, 0.2) is 5.65 Å². The fraction of sp³-hybridized carbons (Fsp3) is 0.111. The summed E-state index contributed by atoms with van der Waals surface area (Å²) in [4.78, 5) is 16.3. The minimum absolute atomic E-state index is 0.0435. The van der Waals surface area contributed by atoms with Gasteiger partial charge in [-0.1, -0.05) is 0 Å². The van der Waals surface area contributed by atoms with Crippen LogP contribution in [-0.4, -0.2) is 35.9 Å². The van der Waals surface area contributed by atoms with Gasteiger partial charge in [-0.15, -0.1) is 13.9 Å². The van der Waals surface area contributed by atoms with Crippen molar-refractivity contribution in [2.24, 2.45) is 0 Å². The lowest BCUT2D eigenvalue weighted by atomic mass is 10.1. The van der Waals surface area contributed by atoms with Crippen LogP contribution in [0, 0.1) is 0 Å². The van der Waals surface area contributed by atoms with Crippen LogP contribution >= 0.6 is 11.6 Å². The number of ether oxygens (including phenoxy) is 1. The first-order valence-corrected chi connectivity index (χ1v) is 8.93. The Morgan fingerprint density at radius 1 is 1.23 bits per heavy atom. The molecule has 4 aromatic rings. The van der Waals surface area contributed by atoms with Crippen molar-refractivity contribution in [3.8, 4) is 16.9 Å². The van der Waals surface area contributed by atoms with Gasteiger partial charge in [-0.2, -0.15) is 10.1 Å². The second-order valence-corrected chi connectivity index (χ2v) is 6.68. The fourth-order valence-electron chi connectivity index (χ4n) is 2.77. The van der Waals surface area contributed by atoms with Crippen LogP contribution < -0.4 is 15.8 Å². The summed E-state index contributed by atoms with van der Waals surface area (Å²) < 4.78 is 32.5. The van der Waals surface area contributed by atoms with Crippen molar-refractivity contribution < 1.29 is 18.3 Å². The number of anilines is 2. The van der Waals surface area contributed by atoms with E-state index in [-0.39, 0.29) is 24.1 Å². The molecule has 0 aliphatic rings. The number of alkyl halides is 3. The van der Waals surface area contributed by atoms with Crippen LogP contribution in [-0.2, 0) is 11.3 Å². The smallest absolute Gasteiger partial charge is 0.420 e. The molecular weight excluding hydrogens is 420 g/mol. The van der Waals surface area contributed by atoms with Gasteiger partial charge in [0.25, 0.3) is 0 Å². The molecule has 0 fully saturated rings. The Morgan fingerprint density at radius 3 is 2.73 bits per heavy atom. The van der Waals surface area contributed by atoms with Gasteiger partial charge in [0, 0.05) is 35.2 Å². The molecule has 9 nitrogen and oxygen atoms in total. The second-order valence-electron chi connectivity index (χ2n) is 6.24. The number of aromatic nitrogens is 5. The molecule has 12 heteroatoms. The van der Waals surface area contributed by atoms with E-state index in [1.165, 1.54) is 28.9 Å². The van der Waals surface area contributed by atoms with Gasteiger partial charge >= 0.3 is 5.57 Å². The molecule has 0 aliphatic carbocycles. The quantitative estimate of drug-likeness (QED) is 0.452. The van der Waals surface area contributed by atoms with Gasteiger partial charge in [0.2, 0.25) is 11.9 Å². The summed E-state index contributed by atoms with van der Waals surface area (Å²) in [6, 6.07) is 9.01. The summed E-state index contributed by atoms with van der Waals surface area (Å²) in [6.07, 6.45) is 5.06. The molecule has 1 amide bonds. The molecule has 154 valence electrons. The highest BCUT2D eigenvalue weighted by molar-refractivity contribution is 6.20. The summed E-state index contributed by atoms with van der Waals surface area (Å²) >= 11 is 4.71. The average Bonchev–Trinajstić information content (AvgIpc) is 3.26. The van der Waals surface area contributed by atoms with E-state index in [0.717, 1.165) is 11.1 Å². The molecule has 3 heterocycles. The first-order chi connectivity index (χ1) is 14.2. The predicted molar refractivity (Wildman–Crippen MR) is 105 cm³/mol. The Hall–Kier alpha value is -3.73. The van der Waals surface area contributed by atoms with Crippen molar-refractivity contribution >= 4 is 34.8 Å². The molecule has 0 bridgehead atoms. The van der Waals surface area contributed by atoms with Gasteiger partial charge < -0.3 is 15.8 Å². The third-order valence-electron chi connectivity index (χ3n) is 4.00. The Labute approximate surface area is 173 Å². The van der Waals surface area contributed by atoms with Crippen LogP contribution in [0.3, 0.4) is 0 Å². The highest BCUT2D eigenvalue weighted by Crippen LogP contribution is 2.26. The number of nitrogen functional groups attached to an aromatic ring is 1. The van der Waals surface area contributed by atoms with Crippen LogP contribution in [0.1, 0.15) is 0 Å². The van der Waals surface area contributed by atoms with E-state index in [1.807, 2.05) is 6.07 Å². The fourth-order valence-corrected chi connectivity index (χ4v) is 2.85. The molecule has 30 heavy (non-hydrogen) atoms. The van der Waals surface area contributed by atoms with E-state index in [1.54, 1.807) is 29.2 Å². The lowest BCUT2D eigenvalue weighted by Crippen LogP contribution is -2.19.